The molecule has 2 rings (SSSR count). The zero-order valence-electron chi connectivity index (χ0n) is 15.0. The first-order valence-electron chi connectivity index (χ1n) is 8.30. The van der Waals surface area contributed by atoms with E-state index in [4.69, 9.17) is 21.7 Å². The van der Waals surface area contributed by atoms with Gasteiger partial charge in [-0.2, -0.15) is 0 Å². The molecule has 0 spiro atoms. The molecule has 0 aliphatic heterocycles. The molecule has 7 nitrogen and oxygen atoms in total. The van der Waals surface area contributed by atoms with Crippen molar-refractivity contribution in [2.75, 3.05) is 12.5 Å². The predicted molar refractivity (Wildman–Crippen MR) is 106 cm³/mol. The Labute approximate surface area is 158 Å². The molecule has 1 amide bonds. The van der Waals surface area contributed by atoms with Crippen molar-refractivity contribution in [3.05, 3.63) is 0 Å². The molecule has 0 aromatic heterocycles. The highest BCUT2D eigenvalue weighted by atomic mass is 32.2. The van der Waals surface area contributed by atoms with Crippen LogP contribution in [0.4, 0.5) is 0 Å². The molecule has 0 bridgehead atoms. The summed E-state index contributed by atoms with van der Waals surface area (Å²) in [5.41, 5.74) is 4.84. The number of hydrogen-bond acceptors (Lipinski definition) is 6. The van der Waals surface area contributed by atoms with Crippen LogP contribution < -0.4 is 11.1 Å². The van der Waals surface area contributed by atoms with E-state index in [1.807, 2.05) is 0 Å². The zero-order valence-corrected chi connectivity index (χ0v) is 16.6. The molecule has 2 fully saturated rings. The Bertz CT molecular complexity index is 453. The van der Waals surface area contributed by atoms with Gasteiger partial charge >= 0.3 is 5.97 Å². The lowest BCUT2D eigenvalue weighted by Gasteiger charge is -2.24. The molecule has 9 heteroatoms. The number of carboxylic acid groups (broad SMARTS) is 1. The molecule has 0 aromatic rings. The van der Waals surface area contributed by atoms with E-state index in [-0.39, 0.29) is 16.2 Å². The molecule has 2 saturated carbocycles. The third-order valence-electron chi connectivity index (χ3n) is 4.06. The maximum Gasteiger partial charge on any atom is 0.303 e. The molecule has 25 heavy (non-hydrogen) atoms. The first-order valence-corrected chi connectivity index (χ1v) is 10.8. The Morgan fingerprint density at radius 2 is 1.48 bits per heavy atom. The van der Waals surface area contributed by atoms with Crippen molar-refractivity contribution < 1.29 is 14.7 Å². The number of aliphatic carboxylic acids is 1. The summed E-state index contributed by atoms with van der Waals surface area (Å²) in [6, 6.07) is 0. The number of nitrogens with one attached hydrogen (secondary N) is 3. The number of carboxylic acids is 1. The normalized spacial score (nSPS) is 15.9. The fourth-order valence-electron chi connectivity index (χ4n) is 2.13. The standard InChI is InChI=1S/C8H14N2OS.C6H10O2.C2H6N2S/c1-12-8(9)10-7(11)5-6-3-2-4-6;7-6(8)4-5-2-1-3-5;1-5-2(3)4/h6H,2-5H2,1H3,(H2,9,10,11);5H,1-4H2,(H,7,8);1H3,(H3,3,4). The summed E-state index contributed by atoms with van der Waals surface area (Å²) in [6.45, 7) is 0. The summed E-state index contributed by atoms with van der Waals surface area (Å²) < 4.78 is 0. The van der Waals surface area contributed by atoms with Crippen LogP contribution in [0.2, 0.25) is 0 Å². The third-order valence-corrected chi connectivity index (χ3v) is 5.01. The highest BCUT2D eigenvalue weighted by Crippen LogP contribution is 2.29. The Balaban J connectivity index is 0.000000382. The van der Waals surface area contributed by atoms with E-state index in [1.54, 1.807) is 12.5 Å². The van der Waals surface area contributed by atoms with Crippen LogP contribution in [0.5, 0.6) is 0 Å². The number of rotatable bonds is 4. The molecule has 2 aliphatic rings. The predicted octanol–water partition coefficient (Wildman–Crippen LogP) is 3.09. The Kier molecular flexibility index (Phi) is 13.3. The Morgan fingerprint density at radius 3 is 1.72 bits per heavy atom. The van der Waals surface area contributed by atoms with E-state index in [9.17, 15) is 9.59 Å². The molecule has 0 radical (unpaired) electrons. The number of amides is 1. The van der Waals surface area contributed by atoms with Crippen molar-refractivity contribution in [1.82, 2.24) is 5.32 Å². The number of amidine groups is 2. The van der Waals surface area contributed by atoms with Gasteiger partial charge in [0.05, 0.1) is 0 Å². The first-order chi connectivity index (χ1) is 11.8. The Hall–Kier alpha value is -1.22. The van der Waals surface area contributed by atoms with Crippen LogP contribution in [-0.2, 0) is 9.59 Å². The topological polar surface area (TPSA) is 140 Å². The van der Waals surface area contributed by atoms with Crippen molar-refractivity contribution in [1.29, 1.82) is 10.8 Å². The van der Waals surface area contributed by atoms with Gasteiger partial charge in [-0.1, -0.05) is 36.4 Å². The maximum atomic E-state index is 11.2. The average molecular weight is 391 g/mol. The van der Waals surface area contributed by atoms with Crippen molar-refractivity contribution in [3.8, 4) is 0 Å². The number of hydrogen-bond donors (Lipinski definition) is 5. The zero-order chi connectivity index (χ0) is 19.2. The van der Waals surface area contributed by atoms with Gasteiger partial charge in [-0.15, -0.1) is 0 Å². The summed E-state index contributed by atoms with van der Waals surface area (Å²) in [5, 5.41) is 24.9. The minimum Gasteiger partial charge on any atom is -0.481 e. The van der Waals surface area contributed by atoms with Crippen molar-refractivity contribution in [2.24, 2.45) is 17.6 Å². The quantitative estimate of drug-likeness (QED) is 0.369. The van der Waals surface area contributed by atoms with Gasteiger partial charge in [0.25, 0.3) is 0 Å². The van der Waals surface area contributed by atoms with Gasteiger partial charge in [-0.25, -0.2) is 0 Å². The van der Waals surface area contributed by atoms with Crippen LogP contribution in [0.15, 0.2) is 0 Å². The van der Waals surface area contributed by atoms with Crippen LogP contribution in [0.1, 0.15) is 51.4 Å². The molecular weight excluding hydrogens is 360 g/mol. The molecule has 0 heterocycles. The van der Waals surface area contributed by atoms with Crippen LogP contribution in [0.25, 0.3) is 0 Å². The van der Waals surface area contributed by atoms with E-state index in [0.29, 0.717) is 24.7 Å². The van der Waals surface area contributed by atoms with Gasteiger partial charge in [0.2, 0.25) is 5.91 Å². The lowest BCUT2D eigenvalue weighted by Crippen LogP contribution is -2.30. The molecule has 144 valence electrons. The fourth-order valence-corrected chi connectivity index (χ4v) is 2.35. The number of nitrogens with two attached hydrogens (primary N) is 1. The van der Waals surface area contributed by atoms with Gasteiger partial charge in [-0.05, 0) is 50.0 Å². The van der Waals surface area contributed by atoms with E-state index >= 15 is 0 Å². The van der Waals surface area contributed by atoms with Crippen LogP contribution in [-0.4, -0.2) is 39.8 Å². The highest BCUT2D eigenvalue weighted by Gasteiger charge is 2.21. The monoisotopic (exact) mass is 390 g/mol. The molecule has 0 atom stereocenters. The maximum absolute atomic E-state index is 11.2. The SMILES string of the molecule is CSC(=N)N.CSC(=N)NC(=O)CC1CCC1.O=C(O)CC1CCC1. The van der Waals surface area contributed by atoms with Crippen molar-refractivity contribution in [3.63, 3.8) is 0 Å². The second-order valence-electron chi connectivity index (χ2n) is 6.05. The van der Waals surface area contributed by atoms with Gasteiger partial charge in [0.1, 0.15) is 0 Å². The smallest absolute Gasteiger partial charge is 0.303 e. The van der Waals surface area contributed by atoms with E-state index < -0.39 is 5.97 Å². The van der Waals surface area contributed by atoms with E-state index in [1.165, 1.54) is 49.2 Å². The van der Waals surface area contributed by atoms with Gasteiger partial charge in [-0.3, -0.25) is 20.4 Å². The average Bonchev–Trinajstić information content (AvgIpc) is 2.48. The third kappa shape index (κ3) is 13.7. The number of thioether (sulfide) groups is 2. The summed E-state index contributed by atoms with van der Waals surface area (Å²) in [6.07, 6.45) is 11.7. The lowest BCUT2D eigenvalue weighted by molar-refractivity contribution is -0.138. The molecule has 0 aromatic carbocycles. The van der Waals surface area contributed by atoms with Crippen molar-refractivity contribution >= 4 is 45.7 Å². The number of carbonyl (C=O) groups excluding carboxylic acids is 1. The molecule has 6 N–H and O–H groups in total. The van der Waals surface area contributed by atoms with E-state index in [0.717, 1.165) is 12.8 Å². The summed E-state index contributed by atoms with van der Waals surface area (Å²) in [7, 11) is 0. The second kappa shape index (κ2) is 14.0. The van der Waals surface area contributed by atoms with Crippen LogP contribution >= 0.6 is 23.5 Å². The van der Waals surface area contributed by atoms with Crippen LogP contribution in [0, 0.1) is 22.7 Å². The Morgan fingerprint density at radius 1 is 1.04 bits per heavy atom. The minimum absolute atomic E-state index is 0.000880. The summed E-state index contributed by atoms with van der Waals surface area (Å²) >= 11 is 2.50. The molecule has 0 unspecified atom stereocenters. The van der Waals surface area contributed by atoms with Crippen LogP contribution in [0.3, 0.4) is 0 Å². The molecular formula is C16H30N4O3S2. The highest BCUT2D eigenvalue weighted by molar-refractivity contribution is 8.13. The lowest BCUT2D eigenvalue weighted by atomic mass is 9.83. The molecule has 0 saturated heterocycles. The summed E-state index contributed by atoms with van der Waals surface area (Å²) in [4.78, 5) is 21.2. The largest absolute Gasteiger partial charge is 0.481 e. The van der Waals surface area contributed by atoms with Gasteiger partial charge in [0, 0.05) is 12.8 Å². The number of carbonyl (C=O) groups is 2. The fraction of sp³-hybridized carbons (Fsp3) is 0.750. The summed E-state index contributed by atoms with van der Waals surface area (Å²) in [5.74, 6) is 0.445. The first kappa shape index (κ1) is 23.8. The molecule has 2 aliphatic carbocycles. The van der Waals surface area contributed by atoms with Gasteiger partial charge < -0.3 is 16.2 Å². The second-order valence-corrected chi connectivity index (χ2v) is 7.71. The minimum atomic E-state index is -0.644. The van der Waals surface area contributed by atoms with Crippen molar-refractivity contribution in [2.45, 2.75) is 51.4 Å². The van der Waals surface area contributed by atoms with E-state index in [2.05, 4.69) is 5.32 Å². The van der Waals surface area contributed by atoms with Gasteiger partial charge in [0.15, 0.2) is 10.3 Å².